The van der Waals surface area contributed by atoms with Crippen molar-refractivity contribution >= 4 is 5.91 Å². The fraction of sp³-hybridized carbons (Fsp3) is 0.625. The first-order valence-electron chi connectivity index (χ1n) is 7.73. The first-order chi connectivity index (χ1) is 9.83. The maximum Gasteiger partial charge on any atom is 0.222 e. The van der Waals surface area contributed by atoms with Crippen molar-refractivity contribution < 1.29 is 4.79 Å². The normalized spacial score (nSPS) is 23.4. The standard InChI is InChI=1S/C16H23N3O/c20-16(4-3-14-5-8-17-9-6-14)19-12-7-15(13-19)18-10-1-2-11-18/h5-6,8-9,15H,1-4,7,10-13H2. The molecule has 2 aliphatic rings. The summed E-state index contributed by atoms with van der Waals surface area (Å²) in [6, 6.07) is 4.59. The fourth-order valence-electron chi connectivity index (χ4n) is 3.33. The minimum absolute atomic E-state index is 0.309. The van der Waals surface area contributed by atoms with Crippen LogP contribution in [0, 0.1) is 0 Å². The number of pyridine rings is 1. The molecule has 1 aromatic rings. The van der Waals surface area contributed by atoms with E-state index < -0.39 is 0 Å². The Hall–Kier alpha value is -1.42. The molecule has 108 valence electrons. The molecular formula is C16H23N3O. The summed E-state index contributed by atoms with van der Waals surface area (Å²) in [6.45, 7) is 4.33. The van der Waals surface area contributed by atoms with E-state index in [-0.39, 0.29) is 0 Å². The molecule has 4 nitrogen and oxygen atoms in total. The SMILES string of the molecule is O=C(CCc1ccncc1)N1CCC(N2CCCC2)C1. The van der Waals surface area contributed by atoms with Crippen molar-refractivity contribution in [2.45, 2.75) is 38.1 Å². The van der Waals surface area contributed by atoms with E-state index in [1.165, 1.54) is 31.5 Å². The summed E-state index contributed by atoms with van der Waals surface area (Å²) in [5.41, 5.74) is 1.20. The van der Waals surface area contributed by atoms with E-state index in [2.05, 4.69) is 14.8 Å². The van der Waals surface area contributed by atoms with Crippen LogP contribution in [0.2, 0.25) is 0 Å². The van der Waals surface area contributed by atoms with Crippen molar-refractivity contribution in [1.29, 1.82) is 0 Å². The summed E-state index contributed by atoms with van der Waals surface area (Å²) >= 11 is 0. The molecule has 0 bridgehead atoms. The summed E-state index contributed by atoms with van der Waals surface area (Å²) in [7, 11) is 0. The van der Waals surface area contributed by atoms with Crippen LogP contribution in [-0.2, 0) is 11.2 Å². The summed E-state index contributed by atoms with van der Waals surface area (Å²) < 4.78 is 0. The van der Waals surface area contributed by atoms with Crippen LogP contribution in [0.3, 0.4) is 0 Å². The second-order valence-electron chi connectivity index (χ2n) is 5.88. The number of aryl methyl sites for hydroxylation is 1. The molecule has 0 aliphatic carbocycles. The van der Waals surface area contributed by atoms with E-state index in [1.54, 1.807) is 12.4 Å². The van der Waals surface area contributed by atoms with Crippen molar-refractivity contribution in [3.63, 3.8) is 0 Å². The third kappa shape index (κ3) is 3.18. The largest absolute Gasteiger partial charge is 0.341 e. The minimum atomic E-state index is 0.309. The van der Waals surface area contributed by atoms with Crippen LogP contribution in [0.25, 0.3) is 0 Å². The third-order valence-corrected chi connectivity index (χ3v) is 4.55. The Kier molecular flexibility index (Phi) is 4.31. The first kappa shape index (κ1) is 13.6. The van der Waals surface area contributed by atoms with Crippen LogP contribution < -0.4 is 0 Å². The van der Waals surface area contributed by atoms with Crippen LogP contribution in [0.4, 0.5) is 0 Å². The molecule has 0 radical (unpaired) electrons. The lowest BCUT2D eigenvalue weighted by Gasteiger charge is -2.23. The topological polar surface area (TPSA) is 36.4 Å². The van der Waals surface area contributed by atoms with E-state index >= 15 is 0 Å². The van der Waals surface area contributed by atoms with Crippen molar-refractivity contribution in [2.75, 3.05) is 26.2 Å². The van der Waals surface area contributed by atoms with Gasteiger partial charge in [0.1, 0.15) is 0 Å². The van der Waals surface area contributed by atoms with Crippen molar-refractivity contribution in [1.82, 2.24) is 14.8 Å². The number of aromatic nitrogens is 1. The lowest BCUT2D eigenvalue weighted by atomic mass is 10.1. The smallest absolute Gasteiger partial charge is 0.222 e. The summed E-state index contributed by atoms with van der Waals surface area (Å²) in [6.07, 6.45) is 8.83. The van der Waals surface area contributed by atoms with Crippen LogP contribution in [0.5, 0.6) is 0 Å². The molecule has 1 atom stereocenters. The molecule has 2 fully saturated rings. The molecule has 0 saturated carbocycles. The molecule has 4 heteroatoms. The van der Waals surface area contributed by atoms with Gasteiger partial charge >= 0.3 is 0 Å². The van der Waals surface area contributed by atoms with Gasteiger partial charge in [0, 0.05) is 37.9 Å². The monoisotopic (exact) mass is 273 g/mol. The second kappa shape index (κ2) is 6.35. The molecule has 1 unspecified atom stereocenters. The van der Waals surface area contributed by atoms with Gasteiger partial charge in [-0.05, 0) is 56.5 Å². The molecule has 1 aromatic heterocycles. The van der Waals surface area contributed by atoms with E-state index in [4.69, 9.17) is 0 Å². The highest BCUT2D eigenvalue weighted by molar-refractivity contribution is 5.76. The van der Waals surface area contributed by atoms with Crippen molar-refractivity contribution in [3.8, 4) is 0 Å². The Balaban J connectivity index is 1.46. The highest BCUT2D eigenvalue weighted by Crippen LogP contribution is 2.21. The fourth-order valence-corrected chi connectivity index (χ4v) is 3.33. The van der Waals surface area contributed by atoms with E-state index in [9.17, 15) is 4.79 Å². The van der Waals surface area contributed by atoms with Gasteiger partial charge in [-0.1, -0.05) is 0 Å². The summed E-state index contributed by atoms with van der Waals surface area (Å²) in [5.74, 6) is 0.309. The number of carbonyl (C=O) groups excluding carboxylic acids is 1. The second-order valence-corrected chi connectivity index (χ2v) is 5.88. The molecule has 3 heterocycles. The van der Waals surface area contributed by atoms with Crippen molar-refractivity contribution in [3.05, 3.63) is 30.1 Å². The first-order valence-corrected chi connectivity index (χ1v) is 7.73. The zero-order valence-electron chi connectivity index (χ0n) is 12.0. The molecule has 0 spiro atoms. The molecule has 0 aromatic carbocycles. The van der Waals surface area contributed by atoms with Gasteiger partial charge in [-0.25, -0.2) is 0 Å². The molecule has 3 rings (SSSR count). The molecule has 0 N–H and O–H groups in total. The van der Waals surface area contributed by atoms with Gasteiger partial charge in [-0.3, -0.25) is 14.7 Å². The zero-order valence-corrected chi connectivity index (χ0v) is 12.0. The molecule has 1 amide bonds. The molecule has 20 heavy (non-hydrogen) atoms. The quantitative estimate of drug-likeness (QED) is 0.838. The van der Waals surface area contributed by atoms with E-state index in [0.717, 1.165) is 25.9 Å². The van der Waals surface area contributed by atoms with Gasteiger partial charge in [0.25, 0.3) is 0 Å². The zero-order chi connectivity index (χ0) is 13.8. The van der Waals surface area contributed by atoms with Gasteiger partial charge in [0.15, 0.2) is 0 Å². The maximum absolute atomic E-state index is 12.3. The maximum atomic E-state index is 12.3. The number of likely N-dealkylation sites (tertiary alicyclic amines) is 2. The van der Waals surface area contributed by atoms with Gasteiger partial charge in [-0.15, -0.1) is 0 Å². The number of hydrogen-bond acceptors (Lipinski definition) is 3. The third-order valence-electron chi connectivity index (χ3n) is 4.55. The van der Waals surface area contributed by atoms with Crippen LogP contribution >= 0.6 is 0 Å². The number of hydrogen-bond donors (Lipinski definition) is 0. The van der Waals surface area contributed by atoms with E-state index in [0.29, 0.717) is 18.4 Å². The van der Waals surface area contributed by atoms with Gasteiger partial charge in [-0.2, -0.15) is 0 Å². The lowest BCUT2D eigenvalue weighted by molar-refractivity contribution is -0.130. The average Bonchev–Trinajstić information content (AvgIpc) is 3.16. The number of carbonyl (C=O) groups is 1. The van der Waals surface area contributed by atoms with E-state index in [1.807, 2.05) is 12.1 Å². The molecule has 2 saturated heterocycles. The number of nitrogens with zero attached hydrogens (tertiary/aromatic N) is 3. The minimum Gasteiger partial charge on any atom is -0.341 e. The Morgan fingerprint density at radius 1 is 1.20 bits per heavy atom. The Labute approximate surface area is 120 Å². The molecular weight excluding hydrogens is 250 g/mol. The van der Waals surface area contributed by atoms with Crippen molar-refractivity contribution in [2.24, 2.45) is 0 Å². The highest BCUT2D eigenvalue weighted by Gasteiger charge is 2.31. The summed E-state index contributed by atoms with van der Waals surface area (Å²) in [4.78, 5) is 20.9. The Morgan fingerprint density at radius 2 is 1.95 bits per heavy atom. The molecule has 2 aliphatic heterocycles. The lowest BCUT2D eigenvalue weighted by Crippen LogP contribution is -2.37. The van der Waals surface area contributed by atoms with Gasteiger partial charge < -0.3 is 4.90 Å². The van der Waals surface area contributed by atoms with Gasteiger partial charge in [0.2, 0.25) is 5.91 Å². The highest BCUT2D eigenvalue weighted by atomic mass is 16.2. The summed E-state index contributed by atoms with van der Waals surface area (Å²) in [5, 5.41) is 0. The Morgan fingerprint density at radius 3 is 2.70 bits per heavy atom. The Bertz CT molecular complexity index is 442. The predicted molar refractivity (Wildman–Crippen MR) is 78.4 cm³/mol. The number of amides is 1. The number of rotatable bonds is 4. The van der Waals surface area contributed by atoms with Crippen LogP contribution in [0.1, 0.15) is 31.2 Å². The van der Waals surface area contributed by atoms with Crippen LogP contribution in [0.15, 0.2) is 24.5 Å². The van der Waals surface area contributed by atoms with Gasteiger partial charge in [0.05, 0.1) is 0 Å². The average molecular weight is 273 g/mol. The van der Waals surface area contributed by atoms with Crippen LogP contribution in [-0.4, -0.2) is 52.9 Å². The predicted octanol–water partition coefficient (Wildman–Crippen LogP) is 1.71.